The summed E-state index contributed by atoms with van der Waals surface area (Å²) in [6, 6.07) is 3.84. The molecule has 0 radical (unpaired) electrons. The molecule has 0 aliphatic heterocycles. The number of fused-ring (bicyclic) bond motifs is 1. The van der Waals surface area contributed by atoms with E-state index in [0.29, 0.717) is 5.65 Å². The van der Waals surface area contributed by atoms with Gasteiger partial charge in [0.1, 0.15) is 11.3 Å². The smallest absolute Gasteiger partial charge is 0.180 e. The van der Waals surface area contributed by atoms with Crippen molar-refractivity contribution in [3.8, 4) is 0 Å². The summed E-state index contributed by atoms with van der Waals surface area (Å²) >= 11 is 0. The van der Waals surface area contributed by atoms with Crippen molar-refractivity contribution in [1.29, 1.82) is 0 Å². The highest BCUT2D eigenvalue weighted by atomic mass is 16.5. The summed E-state index contributed by atoms with van der Waals surface area (Å²) in [7, 11) is 0. The highest BCUT2D eigenvalue weighted by Gasteiger charge is 1.98. The molecule has 0 saturated heterocycles. The van der Waals surface area contributed by atoms with Gasteiger partial charge in [0, 0.05) is 32.2 Å². The molecule has 0 fully saturated rings. The van der Waals surface area contributed by atoms with Gasteiger partial charge < -0.3 is 10.1 Å². The molecule has 1 N–H and O–H groups in total. The van der Waals surface area contributed by atoms with Crippen molar-refractivity contribution in [2.24, 2.45) is 0 Å². The summed E-state index contributed by atoms with van der Waals surface area (Å²) in [4.78, 5) is 12.7. The number of hydrogen-bond donors (Lipinski definition) is 1. The first kappa shape index (κ1) is 12.7. The van der Waals surface area contributed by atoms with E-state index >= 15 is 0 Å². The minimum atomic E-state index is 0.671. The topological polar surface area (TPSA) is 59.9 Å². The van der Waals surface area contributed by atoms with Gasteiger partial charge in [0.2, 0.25) is 0 Å². The minimum Gasteiger partial charge on any atom is -0.381 e. The molecule has 96 valence electrons. The van der Waals surface area contributed by atoms with Crippen LogP contribution in [0.3, 0.4) is 0 Å². The second-order valence-corrected chi connectivity index (χ2v) is 3.99. The molecule has 0 aliphatic carbocycles. The van der Waals surface area contributed by atoms with E-state index in [0.717, 1.165) is 43.9 Å². The molecule has 18 heavy (non-hydrogen) atoms. The highest BCUT2D eigenvalue weighted by molar-refractivity contribution is 5.71. The number of nitrogens with zero attached hydrogens (tertiary/aromatic N) is 3. The maximum Gasteiger partial charge on any atom is 0.180 e. The lowest BCUT2D eigenvalue weighted by molar-refractivity contribution is 0.134. The second kappa shape index (κ2) is 6.86. The molecular formula is C13H18N4O. The zero-order valence-electron chi connectivity index (χ0n) is 10.6. The van der Waals surface area contributed by atoms with Crippen molar-refractivity contribution >= 4 is 17.0 Å². The molecule has 0 amide bonds. The quantitative estimate of drug-likeness (QED) is 0.759. The molecule has 2 heterocycles. The SMILES string of the molecule is CCCOCCCNc1ccc2nccnc2n1. The standard InChI is InChI=1S/C13H18N4O/c1-2-9-18-10-3-6-15-12-5-4-11-13(17-12)16-8-7-14-11/h4-5,7-8H,2-3,6,9-10H2,1H3,(H,15,16,17). The predicted molar refractivity (Wildman–Crippen MR) is 71.5 cm³/mol. The molecule has 2 aromatic rings. The van der Waals surface area contributed by atoms with E-state index in [4.69, 9.17) is 4.74 Å². The maximum atomic E-state index is 5.41. The fraction of sp³-hybridized carbons (Fsp3) is 0.462. The highest BCUT2D eigenvalue weighted by Crippen LogP contribution is 2.09. The Kier molecular flexibility index (Phi) is 4.84. The predicted octanol–water partition coefficient (Wildman–Crippen LogP) is 2.25. The molecule has 0 spiro atoms. The molecule has 0 aromatic carbocycles. The summed E-state index contributed by atoms with van der Waals surface area (Å²) in [6.45, 7) is 4.58. The van der Waals surface area contributed by atoms with Gasteiger partial charge in [-0.25, -0.2) is 9.97 Å². The molecule has 0 bridgehead atoms. The van der Waals surface area contributed by atoms with Crippen LogP contribution in [0.5, 0.6) is 0 Å². The summed E-state index contributed by atoms with van der Waals surface area (Å²) in [5, 5.41) is 3.25. The van der Waals surface area contributed by atoms with Gasteiger partial charge in [0.15, 0.2) is 5.65 Å². The molecular weight excluding hydrogens is 228 g/mol. The van der Waals surface area contributed by atoms with E-state index in [-0.39, 0.29) is 0 Å². The Morgan fingerprint density at radius 1 is 1.17 bits per heavy atom. The van der Waals surface area contributed by atoms with Crippen LogP contribution >= 0.6 is 0 Å². The summed E-state index contributed by atoms with van der Waals surface area (Å²) in [5.74, 6) is 0.832. The monoisotopic (exact) mass is 246 g/mol. The normalized spacial score (nSPS) is 10.7. The number of aromatic nitrogens is 3. The van der Waals surface area contributed by atoms with Crippen LogP contribution in [-0.2, 0) is 4.74 Å². The van der Waals surface area contributed by atoms with Crippen LogP contribution < -0.4 is 5.32 Å². The zero-order chi connectivity index (χ0) is 12.6. The van der Waals surface area contributed by atoms with Gasteiger partial charge in [-0.1, -0.05) is 6.92 Å². The third-order valence-corrected chi connectivity index (χ3v) is 2.45. The van der Waals surface area contributed by atoms with Crippen molar-refractivity contribution in [3.05, 3.63) is 24.5 Å². The largest absolute Gasteiger partial charge is 0.381 e. The van der Waals surface area contributed by atoms with Gasteiger partial charge >= 0.3 is 0 Å². The van der Waals surface area contributed by atoms with Crippen molar-refractivity contribution in [3.63, 3.8) is 0 Å². The number of ether oxygens (including phenoxy) is 1. The van der Waals surface area contributed by atoms with Crippen LogP contribution in [0.4, 0.5) is 5.82 Å². The van der Waals surface area contributed by atoms with Crippen LogP contribution in [0.2, 0.25) is 0 Å². The average molecular weight is 246 g/mol. The Bertz CT molecular complexity index is 489. The molecule has 5 heteroatoms. The number of anilines is 1. The van der Waals surface area contributed by atoms with Gasteiger partial charge in [0.05, 0.1) is 0 Å². The van der Waals surface area contributed by atoms with E-state index in [9.17, 15) is 0 Å². The zero-order valence-corrected chi connectivity index (χ0v) is 10.6. The Morgan fingerprint density at radius 2 is 2.06 bits per heavy atom. The number of nitrogens with one attached hydrogen (secondary N) is 1. The first-order valence-corrected chi connectivity index (χ1v) is 6.29. The number of hydrogen-bond acceptors (Lipinski definition) is 5. The first-order valence-electron chi connectivity index (χ1n) is 6.29. The van der Waals surface area contributed by atoms with Crippen molar-refractivity contribution in [2.75, 3.05) is 25.1 Å². The lowest BCUT2D eigenvalue weighted by Gasteiger charge is -2.06. The van der Waals surface area contributed by atoms with Gasteiger partial charge in [-0.2, -0.15) is 0 Å². The second-order valence-electron chi connectivity index (χ2n) is 3.99. The van der Waals surface area contributed by atoms with Gasteiger partial charge in [-0.15, -0.1) is 0 Å². The van der Waals surface area contributed by atoms with Crippen LogP contribution in [-0.4, -0.2) is 34.7 Å². The maximum absolute atomic E-state index is 5.41. The molecule has 2 aromatic heterocycles. The van der Waals surface area contributed by atoms with Crippen molar-refractivity contribution in [2.45, 2.75) is 19.8 Å². The van der Waals surface area contributed by atoms with Crippen LogP contribution in [0, 0.1) is 0 Å². The summed E-state index contributed by atoms with van der Waals surface area (Å²) in [5.41, 5.74) is 1.49. The Hall–Kier alpha value is -1.75. The fourth-order valence-electron chi connectivity index (χ4n) is 1.59. The number of rotatable bonds is 7. The Labute approximate surface area is 107 Å². The molecule has 0 unspecified atom stereocenters. The lowest BCUT2D eigenvalue weighted by Crippen LogP contribution is -2.07. The van der Waals surface area contributed by atoms with Gasteiger partial charge in [0.25, 0.3) is 0 Å². The molecule has 0 atom stereocenters. The van der Waals surface area contributed by atoms with Crippen LogP contribution in [0.25, 0.3) is 11.2 Å². The molecule has 0 saturated carbocycles. The van der Waals surface area contributed by atoms with E-state index in [1.807, 2.05) is 12.1 Å². The Balaban J connectivity index is 1.81. The third kappa shape index (κ3) is 3.63. The van der Waals surface area contributed by atoms with E-state index < -0.39 is 0 Å². The summed E-state index contributed by atoms with van der Waals surface area (Å²) in [6.07, 6.45) is 5.36. The van der Waals surface area contributed by atoms with E-state index in [1.165, 1.54) is 0 Å². The molecule has 0 aliphatic rings. The van der Waals surface area contributed by atoms with Crippen LogP contribution in [0.1, 0.15) is 19.8 Å². The van der Waals surface area contributed by atoms with Gasteiger partial charge in [-0.05, 0) is 25.0 Å². The van der Waals surface area contributed by atoms with E-state index in [2.05, 4.69) is 27.2 Å². The molecule has 5 nitrogen and oxygen atoms in total. The van der Waals surface area contributed by atoms with Gasteiger partial charge in [-0.3, -0.25) is 4.98 Å². The minimum absolute atomic E-state index is 0.671. The lowest BCUT2D eigenvalue weighted by atomic mass is 10.4. The fourth-order valence-corrected chi connectivity index (χ4v) is 1.59. The molecule has 2 rings (SSSR count). The Morgan fingerprint density at radius 3 is 2.94 bits per heavy atom. The summed E-state index contributed by atoms with van der Waals surface area (Å²) < 4.78 is 5.41. The number of pyridine rings is 1. The first-order chi connectivity index (χ1) is 8.90. The third-order valence-electron chi connectivity index (χ3n) is 2.45. The van der Waals surface area contributed by atoms with E-state index in [1.54, 1.807) is 12.4 Å². The van der Waals surface area contributed by atoms with Crippen molar-refractivity contribution < 1.29 is 4.74 Å². The average Bonchev–Trinajstić information content (AvgIpc) is 2.42. The van der Waals surface area contributed by atoms with Crippen LogP contribution in [0.15, 0.2) is 24.5 Å². The van der Waals surface area contributed by atoms with Crippen molar-refractivity contribution in [1.82, 2.24) is 15.0 Å².